The van der Waals surface area contributed by atoms with Crippen LogP contribution in [0.2, 0.25) is 0 Å². The summed E-state index contributed by atoms with van der Waals surface area (Å²) in [5.41, 5.74) is 5.24. The third-order valence-corrected chi connectivity index (χ3v) is 4.02. The molecule has 2 heterocycles. The number of benzene rings is 1. The number of aryl methyl sites for hydroxylation is 2. The number of nitrogens with one attached hydrogen (secondary N) is 1. The molecule has 0 spiro atoms. The highest BCUT2D eigenvalue weighted by molar-refractivity contribution is 5.69. The maximum Gasteiger partial charge on any atom is 0.0734 e. The maximum absolute atomic E-state index is 4.74. The van der Waals surface area contributed by atoms with Gasteiger partial charge in [0.05, 0.1) is 5.69 Å². The molecule has 1 aliphatic rings. The van der Waals surface area contributed by atoms with Crippen molar-refractivity contribution in [3.63, 3.8) is 0 Å². The zero-order chi connectivity index (χ0) is 13.2. The van der Waals surface area contributed by atoms with Crippen molar-refractivity contribution >= 4 is 0 Å². The van der Waals surface area contributed by atoms with Gasteiger partial charge in [-0.25, -0.2) is 0 Å². The molecule has 3 nitrogen and oxygen atoms in total. The molecule has 0 bridgehead atoms. The zero-order valence-corrected chi connectivity index (χ0v) is 11.7. The monoisotopic (exact) mass is 255 g/mol. The minimum atomic E-state index is 0.594. The van der Waals surface area contributed by atoms with Gasteiger partial charge in [-0.3, -0.25) is 4.68 Å². The summed E-state index contributed by atoms with van der Waals surface area (Å²) < 4.78 is 1.96. The van der Waals surface area contributed by atoms with Gasteiger partial charge in [-0.2, -0.15) is 5.10 Å². The number of piperidine rings is 1. The first-order chi connectivity index (χ1) is 9.25. The smallest absolute Gasteiger partial charge is 0.0734 e. The van der Waals surface area contributed by atoms with Gasteiger partial charge in [0.2, 0.25) is 0 Å². The van der Waals surface area contributed by atoms with E-state index < -0.39 is 0 Å². The molecule has 1 aromatic carbocycles. The van der Waals surface area contributed by atoms with Gasteiger partial charge in [0.1, 0.15) is 0 Å². The maximum atomic E-state index is 4.74. The summed E-state index contributed by atoms with van der Waals surface area (Å²) >= 11 is 0. The molecule has 0 unspecified atom stereocenters. The highest BCUT2D eigenvalue weighted by Gasteiger charge is 2.22. The number of aromatic nitrogens is 2. The molecular formula is C16H21N3. The average molecular weight is 255 g/mol. The molecule has 1 N–H and O–H groups in total. The first-order valence-corrected chi connectivity index (χ1v) is 7.06. The van der Waals surface area contributed by atoms with Crippen LogP contribution >= 0.6 is 0 Å². The van der Waals surface area contributed by atoms with Gasteiger partial charge < -0.3 is 5.32 Å². The first kappa shape index (κ1) is 12.4. The number of rotatable bonds is 2. The number of hydrogen-bond acceptors (Lipinski definition) is 2. The Balaban J connectivity index is 2.04. The summed E-state index contributed by atoms with van der Waals surface area (Å²) in [4.78, 5) is 0. The van der Waals surface area contributed by atoms with Crippen LogP contribution in [0.15, 0.2) is 30.5 Å². The SMILES string of the molecule is Cc1ccccc1-c1cn(C)nc1C1CCNCC1. The lowest BCUT2D eigenvalue weighted by Gasteiger charge is -2.22. The van der Waals surface area contributed by atoms with E-state index in [1.807, 2.05) is 11.7 Å². The Morgan fingerprint density at radius 1 is 1.16 bits per heavy atom. The molecule has 0 atom stereocenters. The van der Waals surface area contributed by atoms with Crippen LogP contribution in [-0.2, 0) is 7.05 Å². The Morgan fingerprint density at radius 2 is 1.89 bits per heavy atom. The molecule has 0 amide bonds. The molecule has 1 saturated heterocycles. The van der Waals surface area contributed by atoms with E-state index in [-0.39, 0.29) is 0 Å². The van der Waals surface area contributed by atoms with Gasteiger partial charge in [0, 0.05) is 24.7 Å². The summed E-state index contributed by atoms with van der Waals surface area (Å²) in [7, 11) is 2.02. The van der Waals surface area contributed by atoms with Gasteiger partial charge >= 0.3 is 0 Å². The predicted molar refractivity (Wildman–Crippen MR) is 78.2 cm³/mol. The van der Waals surface area contributed by atoms with Crippen molar-refractivity contribution in [2.24, 2.45) is 7.05 Å². The fraction of sp³-hybridized carbons (Fsp3) is 0.438. The molecule has 1 aliphatic heterocycles. The van der Waals surface area contributed by atoms with Crippen LogP contribution in [0.4, 0.5) is 0 Å². The van der Waals surface area contributed by atoms with Crippen LogP contribution in [0.25, 0.3) is 11.1 Å². The lowest BCUT2D eigenvalue weighted by molar-refractivity contribution is 0.450. The van der Waals surface area contributed by atoms with Gasteiger partial charge in [-0.1, -0.05) is 24.3 Å². The van der Waals surface area contributed by atoms with E-state index in [1.165, 1.54) is 35.2 Å². The van der Waals surface area contributed by atoms with E-state index >= 15 is 0 Å². The van der Waals surface area contributed by atoms with E-state index in [2.05, 4.69) is 42.7 Å². The Labute approximate surface area is 114 Å². The predicted octanol–water partition coefficient (Wildman–Crippen LogP) is 2.86. The van der Waals surface area contributed by atoms with Crippen LogP contribution in [0.1, 0.15) is 30.0 Å². The van der Waals surface area contributed by atoms with Crippen molar-refractivity contribution in [2.45, 2.75) is 25.7 Å². The Kier molecular flexibility index (Phi) is 3.38. The standard InChI is InChI=1S/C16H21N3/c1-12-5-3-4-6-14(12)15-11-19(2)18-16(15)13-7-9-17-10-8-13/h3-6,11,13,17H,7-10H2,1-2H3. The van der Waals surface area contributed by atoms with E-state index in [0.29, 0.717) is 5.92 Å². The molecule has 1 fully saturated rings. The van der Waals surface area contributed by atoms with Gasteiger partial charge in [-0.05, 0) is 44.0 Å². The highest BCUT2D eigenvalue weighted by Crippen LogP contribution is 2.34. The van der Waals surface area contributed by atoms with Crippen LogP contribution in [-0.4, -0.2) is 22.9 Å². The van der Waals surface area contributed by atoms with E-state index in [9.17, 15) is 0 Å². The van der Waals surface area contributed by atoms with Gasteiger partial charge in [-0.15, -0.1) is 0 Å². The second-order valence-electron chi connectivity index (χ2n) is 5.44. The fourth-order valence-electron chi connectivity index (χ4n) is 2.99. The summed E-state index contributed by atoms with van der Waals surface area (Å²) in [5, 5.41) is 8.17. The minimum absolute atomic E-state index is 0.594. The van der Waals surface area contributed by atoms with Crippen molar-refractivity contribution in [3.05, 3.63) is 41.7 Å². The average Bonchev–Trinajstić information content (AvgIpc) is 2.82. The van der Waals surface area contributed by atoms with Crippen molar-refractivity contribution in [3.8, 4) is 11.1 Å². The second kappa shape index (κ2) is 5.17. The van der Waals surface area contributed by atoms with Crippen LogP contribution in [0, 0.1) is 6.92 Å². The number of hydrogen-bond donors (Lipinski definition) is 1. The highest BCUT2D eigenvalue weighted by atomic mass is 15.3. The van der Waals surface area contributed by atoms with Crippen LogP contribution in [0.5, 0.6) is 0 Å². The van der Waals surface area contributed by atoms with Crippen LogP contribution in [0.3, 0.4) is 0 Å². The van der Waals surface area contributed by atoms with Crippen molar-refractivity contribution in [2.75, 3.05) is 13.1 Å². The Morgan fingerprint density at radius 3 is 2.63 bits per heavy atom. The van der Waals surface area contributed by atoms with Gasteiger partial charge in [0.15, 0.2) is 0 Å². The number of nitrogens with zero attached hydrogens (tertiary/aromatic N) is 2. The Hall–Kier alpha value is -1.61. The summed E-state index contributed by atoms with van der Waals surface area (Å²) in [6.45, 7) is 4.39. The quantitative estimate of drug-likeness (QED) is 0.894. The molecule has 0 radical (unpaired) electrons. The molecule has 2 aromatic rings. The Bertz CT molecular complexity index is 565. The lowest BCUT2D eigenvalue weighted by Crippen LogP contribution is -2.27. The third kappa shape index (κ3) is 2.43. The second-order valence-corrected chi connectivity index (χ2v) is 5.44. The molecular weight excluding hydrogens is 234 g/mol. The molecule has 3 rings (SSSR count). The molecule has 100 valence electrons. The molecule has 0 saturated carbocycles. The molecule has 0 aliphatic carbocycles. The topological polar surface area (TPSA) is 29.9 Å². The summed E-state index contributed by atoms with van der Waals surface area (Å²) in [5.74, 6) is 0.594. The minimum Gasteiger partial charge on any atom is -0.317 e. The normalized spacial score (nSPS) is 16.7. The molecule has 1 aromatic heterocycles. The lowest BCUT2D eigenvalue weighted by atomic mass is 9.89. The molecule has 3 heteroatoms. The summed E-state index contributed by atoms with van der Waals surface area (Å²) in [6.07, 6.45) is 4.55. The third-order valence-electron chi connectivity index (χ3n) is 4.02. The van der Waals surface area contributed by atoms with Crippen molar-refractivity contribution in [1.82, 2.24) is 15.1 Å². The largest absolute Gasteiger partial charge is 0.317 e. The van der Waals surface area contributed by atoms with E-state index in [0.717, 1.165) is 13.1 Å². The van der Waals surface area contributed by atoms with E-state index in [1.54, 1.807) is 0 Å². The first-order valence-electron chi connectivity index (χ1n) is 7.06. The molecule has 19 heavy (non-hydrogen) atoms. The van der Waals surface area contributed by atoms with E-state index in [4.69, 9.17) is 5.10 Å². The zero-order valence-electron chi connectivity index (χ0n) is 11.7. The van der Waals surface area contributed by atoms with Gasteiger partial charge in [0.25, 0.3) is 0 Å². The van der Waals surface area contributed by atoms with Crippen molar-refractivity contribution < 1.29 is 0 Å². The summed E-state index contributed by atoms with van der Waals surface area (Å²) in [6, 6.07) is 8.59. The fourth-order valence-corrected chi connectivity index (χ4v) is 2.99. The van der Waals surface area contributed by atoms with Crippen molar-refractivity contribution in [1.29, 1.82) is 0 Å². The van der Waals surface area contributed by atoms with Crippen LogP contribution < -0.4 is 5.32 Å².